The van der Waals surface area contributed by atoms with Gasteiger partial charge in [0.15, 0.2) is 0 Å². The number of aryl methyl sites for hydroxylation is 1. The molecular weight excluding hydrogens is 286 g/mol. The molecule has 120 valence electrons. The summed E-state index contributed by atoms with van der Waals surface area (Å²) in [5, 5.41) is 3.10. The van der Waals surface area contributed by atoms with Crippen molar-refractivity contribution in [2.24, 2.45) is 5.92 Å². The lowest BCUT2D eigenvalue weighted by Gasteiger charge is -2.19. The topological polar surface area (TPSA) is 54.3 Å². The summed E-state index contributed by atoms with van der Waals surface area (Å²) in [6.45, 7) is 6.75. The van der Waals surface area contributed by atoms with Gasteiger partial charge in [-0.25, -0.2) is 8.42 Å². The van der Waals surface area contributed by atoms with Gasteiger partial charge in [-0.1, -0.05) is 13.8 Å². The van der Waals surface area contributed by atoms with Gasteiger partial charge in [-0.3, -0.25) is 0 Å². The summed E-state index contributed by atoms with van der Waals surface area (Å²) in [4.78, 5) is 0.434. The molecule has 1 saturated carbocycles. The molecule has 0 unspecified atom stereocenters. The minimum Gasteiger partial charge on any atom is -0.349 e. The Morgan fingerprint density at radius 2 is 2.10 bits per heavy atom. The molecule has 1 fully saturated rings. The van der Waals surface area contributed by atoms with Gasteiger partial charge in [0.1, 0.15) is 4.90 Å². The number of hydrogen-bond acceptors (Lipinski definition) is 3. The van der Waals surface area contributed by atoms with Crippen LogP contribution in [0, 0.1) is 5.92 Å². The Morgan fingerprint density at radius 1 is 1.38 bits per heavy atom. The van der Waals surface area contributed by atoms with E-state index in [2.05, 4.69) is 12.2 Å². The van der Waals surface area contributed by atoms with Crippen LogP contribution in [-0.4, -0.2) is 37.4 Å². The van der Waals surface area contributed by atoms with E-state index in [1.54, 1.807) is 10.5 Å². The molecule has 1 aromatic heterocycles. The van der Waals surface area contributed by atoms with Crippen LogP contribution in [0.15, 0.2) is 17.2 Å². The van der Waals surface area contributed by atoms with Crippen molar-refractivity contribution in [1.29, 1.82) is 0 Å². The van der Waals surface area contributed by atoms with Gasteiger partial charge in [0.2, 0.25) is 10.0 Å². The molecule has 0 bridgehead atoms. The van der Waals surface area contributed by atoms with Crippen molar-refractivity contribution in [2.45, 2.75) is 51.1 Å². The molecule has 2 rings (SSSR count). The van der Waals surface area contributed by atoms with Crippen molar-refractivity contribution in [3.8, 4) is 0 Å². The number of aromatic nitrogens is 1. The molecule has 21 heavy (non-hydrogen) atoms. The highest BCUT2D eigenvalue weighted by atomic mass is 32.2. The fourth-order valence-electron chi connectivity index (χ4n) is 2.58. The van der Waals surface area contributed by atoms with Gasteiger partial charge in [0, 0.05) is 38.1 Å². The van der Waals surface area contributed by atoms with E-state index in [4.69, 9.17) is 0 Å². The molecule has 1 aromatic rings. The number of hydrogen-bond donors (Lipinski definition) is 1. The molecule has 0 spiro atoms. The van der Waals surface area contributed by atoms with Crippen LogP contribution in [0.25, 0.3) is 0 Å². The molecular formula is C15H27N3O2S. The van der Waals surface area contributed by atoms with E-state index in [-0.39, 0.29) is 0 Å². The molecule has 0 aliphatic heterocycles. The summed E-state index contributed by atoms with van der Waals surface area (Å²) in [7, 11) is -1.48. The van der Waals surface area contributed by atoms with E-state index in [0.29, 0.717) is 30.4 Å². The van der Waals surface area contributed by atoms with Crippen LogP contribution in [0.3, 0.4) is 0 Å². The van der Waals surface area contributed by atoms with Gasteiger partial charge >= 0.3 is 0 Å². The maximum atomic E-state index is 12.8. The van der Waals surface area contributed by atoms with Gasteiger partial charge in [0.25, 0.3) is 0 Å². The zero-order valence-corrected chi connectivity index (χ0v) is 14.1. The van der Waals surface area contributed by atoms with E-state index in [1.807, 2.05) is 24.6 Å². The quantitative estimate of drug-likeness (QED) is 0.759. The van der Waals surface area contributed by atoms with Gasteiger partial charge in [0.05, 0.1) is 0 Å². The largest absolute Gasteiger partial charge is 0.349 e. The average Bonchev–Trinajstić information content (AvgIpc) is 3.18. The Morgan fingerprint density at radius 3 is 2.62 bits per heavy atom. The van der Waals surface area contributed by atoms with Crippen LogP contribution in [-0.2, 0) is 23.1 Å². The van der Waals surface area contributed by atoms with Crippen LogP contribution in [0.2, 0.25) is 0 Å². The van der Waals surface area contributed by atoms with Crippen LogP contribution >= 0.6 is 0 Å². The lowest BCUT2D eigenvalue weighted by atomic mass is 10.4. The monoisotopic (exact) mass is 313 g/mol. The maximum Gasteiger partial charge on any atom is 0.244 e. The molecule has 1 N–H and O–H groups in total. The van der Waals surface area contributed by atoms with Gasteiger partial charge < -0.3 is 9.88 Å². The molecule has 6 heteroatoms. The van der Waals surface area contributed by atoms with Crippen molar-refractivity contribution < 1.29 is 8.42 Å². The summed E-state index contributed by atoms with van der Waals surface area (Å²) in [5.41, 5.74) is 1.03. The normalized spacial score (nSPS) is 15.8. The summed E-state index contributed by atoms with van der Waals surface area (Å²) in [5.74, 6) is 0.564. The molecule has 1 aliphatic carbocycles. The Hall–Kier alpha value is -0.850. The molecule has 0 radical (unpaired) electrons. The SMILES string of the molecule is CCCn1cc(S(=O)(=O)N(CC)CC2CC2)cc1CNC. The zero-order valence-electron chi connectivity index (χ0n) is 13.3. The van der Waals surface area contributed by atoms with Crippen LogP contribution < -0.4 is 5.32 Å². The minimum atomic E-state index is -3.36. The summed E-state index contributed by atoms with van der Waals surface area (Å²) in [6.07, 6.45) is 5.10. The summed E-state index contributed by atoms with van der Waals surface area (Å²) < 4.78 is 29.3. The molecule has 0 aromatic carbocycles. The molecule has 5 nitrogen and oxygen atoms in total. The molecule has 1 aliphatic rings. The Balaban J connectivity index is 2.26. The summed E-state index contributed by atoms with van der Waals surface area (Å²) in [6, 6.07) is 1.82. The molecule has 0 saturated heterocycles. The van der Waals surface area contributed by atoms with E-state index in [9.17, 15) is 8.42 Å². The number of nitrogens with one attached hydrogen (secondary N) is 1. The fraction of sp³-hybridized carbons (Fsp3) is 0.733. The van der Waals surface area contributed by atoms with E-state index in [1.165, 1.54) is 0 Å². The predicted molar refractivity (Wildman–Crippen MR) is 84.6 cm³/mol. The third-order valence-electron chi connectivity index (χ3n) is 3.93. The predicted octanol–water partition coefficient (Wildman–Crippen LogP) is 2.04. The smallest absolute Gasteiger partial charge is 0.244 e. The van der Waals surface area contributed by atoms with Gasteiger partial charge in [-0.2, -0.15) is 4.31 Å². The highest BCUT2D eigenvalue weighted by Gasteiger charge is 2.31. The van der Waals surface area contributed by atoms with Crippen LogP contribution in [0.1, 0.15) is 38.8 Å². The van der Waals surface area contributed by atoms with Crippen molar-refractivity contribution in [3.05, 3.63) is 18.0 Å². The Bertz CT molecular complexity index is 538. The first kappa shape index (κ1) is 16.5. The molecule has 1 heterocycles. The van der Waals surface area contributed by atoms with E-state index < -0.39 is 10.0 Å². The molecule has 0 amide bonds. The third kappa shape index (κ3) is 3.87. The summed E-state index contributed by atoms with van der Waals surface area (Å²) >= 11 is 0. The second-order valence-corrected chi connectivity index (χ2v) is 7.73. The second-order valence-electron chi connectivity index (χ2n) is 5.79. The first-order valence-electron chi connectivity index (χ1n) is 7.86. The number of nitrogens with zero attached hydrogens (tertiary/aromatic N) is 2. The van der Waals surface area contributed by atoms with Gasteiger partial charge in [-0.15, -0.1) is 0 Å². The second kappa shape index (κ2) is 6.94. The third-order valence-corrected chi connectivity index (χ3v) is 5.84. The van der Waals surface area contributed by atoms with Crippen molar-refractivity contribution in [1.82, 2.24) is 14.2 Å². The van der Waals surface area contributed by atoms with Crippen molar-refractivity contribution in [2.75, 3.05) is 20.1 Å². The minimum absolute atomic E-state index is 0.434. The Kier molecular flexibility index (Phi) is 5.46. The first-order chi connectivity index (χ1) is 10.0. The number of rotatable bonds is 9. The van der Waals surface area contributed by atoms with Crippen LogP contribution in [0.4, 0.5) is 0 Å². The standard InChI is InChI=1S/C15H27N3O2S/c1-4-8-17-12-15(9-14(17)10-16-3)21(19,20)18(5-2)11-13-6-7-13/h9,12-13,16H,4-8,10-11H2,1-3H3. The number of sulfonamides is 1. The maximum absolute atomic E-state index is 12.8. The van der Waals surface area contributed by atoms with Crippen LogP contribution in [0.5, 0.6) is 0 Å². The van der Waals surface area contributed by atoms with Gasteiger partial charge in [-0.05, 0) is 38.3 Å². The average molecular weight is 313 g/mol. The van der Waals surface area contributed by atoms with Crippen molar-refractivity contribution >= 4 is 10.0 Å². The molecule has 0 atom stereocenters. The highest BCUT2D eigenvalue weighted by Crippen LogP contribution is 2.31. The van der Waals surface area contributed by atoms with Crippen molar-refractivity contribution in [3.63, 3.8) is 0 Å². The Labute approximate surface area is 128 Å². The fourth-order valence-corrected chi connectivity index (χ4v) is 4.17. The lowest BCUT2D eigenvalue weighted by Crippen LogP contribution is -2.32. The van der Waals surface area contributed by atoms with E-state index >= 15 is 0 Å². The lowest BCUT2D eigenvalue weighted by molar-refractivity contribution is 0.412. The van der Waals surface area contributed by atoms with E-state index in [0.717, 1.165) is 31.5 Å². The highest BCUT2D eigenvalue weighted by molar-refractivity contribution is 7.89. The zero-order chi connectivity index (χ0) is 15.5. The first-order valence-corrected chi connectivity index (χ1v) is 9.30.